The molecule has 7 nitrogen and oxygen atoms in total. The maximum Gasteiger partial charge on any atom is 0.183 e. The Morgan fingerprint density at radius 1 is 1.20 bits per heavy atom. The lowest BCUT2D eigenvalue weighted by molar-refractivity contribution is -0.141. The molecule has 158 valence electrons. The third-order valence-corrected chi connectivity index (χ3v) is 5.61. The van der Waals surface area contributed by atoms with Crippen molar-refractivity contribution in [1.29, 1.82) is 0 Å². The van der Waals surface area contributed by atoms with Gasteiger partial charge in [-0.1, -0.05) is 40.9 Å². The molecule has 1 aliphatic rings. The predicted octanol–water partition coefficient (Wildman–Crippen LogP) is 4.88. The van der Waals surface area contributed by atoms with Gasteiger partial charge in [0.25, 0.3) is 0 Å². The van der Waals surface area contributed by atoms with Crippen LogP contribution in [0.5, 0.6) is 5.75 Å². The molecule has 1 saturated heterocycles. The number of nitrogens with zero attached hydrogens (tertiary/aromatic N) is 4. The second-order valence-corrected chi connectivity index (χ2v) is 8.50. The van der Waals surface area contributed by atoms with Crippen molar-refractivity contribution in [3.8, 4) is 17.1 Å². The minimum atomic E-state index is -0.603. The molecule has 1 unspecified atom stereocenters. The van der Waals surface area contributed by atoms with Crippen LogP contribution in [0.2, 0.25) is 15.1 Å². The van der Waals surface area contributed by atoms with E-state index in [1.165, 1.54) is 0 Å². The summed E-state index contributed by atoms with van der Waals surface area (Å²) >= 11 is 18.7. The largest absolute Gasteiger partial charge is 0.490 e. The number of hydrogen-bond acceptors (Lipinski definition) is 6. The van der Waals surface area contributed by atoms with E-state index in [-0.39, 0.29) is 6.10 Å². The molecule has 0 N–H and O–H groups in total. The molecule has 1 aliphatic heterocycles. The van der Waals surface area contributed by atoms with Crippen LogP contribution in [-0.4, -0.2) is 45.3 Å². The van der Waals surface area contributed by atoms with Crippen LogP contribution in [0.4, 0.5) is 0 Å². The Kier molecular flexibility index (Phi) is 6.18. The van der Waals surface area contributed by atoms with Crippen molar-refractivity contribution in [1.82, 2.24) is 20.2 Å². The van der Waals surface area contributed by atoms with E-state index >= 15 is 0 Å². The van der Waals surface area contributed by atoms with Gasteiger partial charge in [0.2, 0.25) is 0 Å². The van der Waals surface area contributed by atoms with Crippen molar-refractivity contribution in [2.75, 3.05) is 13.2 Å². The normalized spacial score (nSPS) is 18.0. The highest BCUT2D eigenvalue weighted by molar-refractivity contribution is 6.43. The van der Waals surface area contributed by atoms with Crippen LogP contribution in [-0.2, 0) is 16.0 Å². The molecule has 0 amide bonds. The van der Waals surface area contributed by atoms with Gasteiger partial charge in [-0.05, 0) is 54.6 Å². The van der Waals surface area contributed by atoms with E-state index in [0.717, 1.165) is 5.56 Å². The number of hydrogen-bond donors (Lipinski definition) is 0. The molecule has 1 atom stereocenters. The molecule has 2 aromatic carbocycles. The van der Waals surface area contributed by atoms with Gasteiger partial charge in [0, 0.05) is 16.1 Å². The number of rotatable bonds is 6. The van der Waals surface area contributed by atoms with Crippen LogP contribution < -0.4 is 4.74 Å². The average molecular weight is 470 g/mol. The first kappa shape index (κ1) is 21.3. The highest BCUT2D eigenvalue weighted by Crippen LogP contribution is 2.33. The fraction of sp³-hybridized carbons (Fsp3) is 0.350. The van der Waals surface area contributed by atoms with Gasteiger partial charge in [0.15, 0.2) is 11.6 Å². The van der Waals surface area contributed by atoms with Gasteiger partial charge in [0.05, 0.1) is 23.2 Å². The van der Waals surface area contributed by atoms with Gasteiger partial charge < -0.3 is 14.2 Å². The Labute approximate surface area is 188 Å². The quantitative estimate of drug-likeness (QED) is 0.512. The van der Waals surface area contributed by atoms with Gasteiger partial charge in [0.1, 0.15) is 18.5 Å². The summed E-state index contributed by atoms with van der Waals surface area (Å²) in [6, 6.07) is 10.7. The molecule has 0 spiro atoms. The van der Waals surface area contributed by atoms with E-state index < -0.39 is 5.79 Å². The lowest BCUT2D eigenvalue weighted by atomic mass is 10.1. The highest BCUT2D eigenvalue weighted by Gasteiger charge is 2.33. The minimum absolute atomic E-state index is 0.155. The van der Waals surface area contributed by atoms with E-state index in [1.54, 1.807) is 22.9 Å². The summed E-state index contributed by atoms with van der Waals surface area (Å²) < 4.78 is 19.0. The van der Waals surface area contributed by atoms with Crippen molar-refractivity contribution in [3.05, 3.63) is 57.0 Å². The summed E-state index contributed by atoms with van der Waals surface area (Å²) in [6.07, 6.45) is -0.155. The highest BCUT2D eigenvalue weighted by atomic mass is 35.5. The molecule has 1 aromatic heterocycles. The fourth-order valence-electron chi connectivity index (χ4n) is 3.18. The first-order chi connectivity index (χ1) is 14.3. The lowest BCUT2D eigenvalue weighted by Gasteiger charge is -2.18. The molecule has 0 aliphatic carbocycles. The number of halogens is 3. The van der Waals surface area contributed by atoms with E-state index in [1.807, 2.05) is 32.0 Å². The summed E-state index contributed by atoms with van der Waals surface area (Å²) in [4.78, 5) is 0. The van der Waals surface area contributed by atoms with Crippen molar-refractivity contribution in [2.24, 2.45) is 0 Å². The zero-order valence-corrected chi connectivity index (χ0v) is 18.6. The predicted molar refractivity (Wildman–Crippen MR) is 114 cm³/mol. The summed E-state index contributed by atoms with van der Waals surface area (Å²) in [5, 5.41) is 13.4. The first-order valence-corrected chi connectivity index (χ1v) is 10.4. The molecule has 0 bridgehead atoms. The molecule has 2 heterocycles. The van der Waals surface area contributed by atoms with Crippen LogP contribution in [0, 0.1) is 0 Å². The number of ether oxygens (including phenoxy) is 3. The fourth-order valence-corrected chi connectivity index (χ4v) is 3.76. The summed E-state index contributed by atoms with van der Waals surface area (Å²) in [6.45, 7) is 4.90. The molecule has 3 aromatic rings. The van der Waals surface area contributed by atoms with Gasteiger partial charge in [-0.25, -0.2) is 4.68 Å². The third-order valence-electron chi connectivity index (χ3n) is 4.56. The van der Waals surface area contributed by atoms with Crippen LogP contribution in [0.1, 0.15) is 19.4 Å². The molecule has 0 radical (unpaired) electrons. The summed E-state index contributed by atoms with van der Waals surface area (Å²) in [7, 11) is 0. The second-order valence-electron chi connectivity index (χ2n) is 7.28. The van der Waals surface area contributed by atoms with E-state index in [0.29, 0.717) is 52.0 Å². The van der Waals surface area contributed by atoms with Crippen LogP contribution >= 0.6 is 34.8 Å². The van der Waals surface area contributed by atoms with Gasteiger partial charge in [-0.2, -0.15) is 0 Å². The van der Waals surface area contributed by atoms with Gasteiger partial charge in [-0.15, -0.1) is 5.10 Å². The van der Waals surface area contributed by atoms with Gasteiger partial charge in [-0.3, -0.25) is 0 Å². The zero-order valence-electron chi connectivity index (χ0n) is 16.3. The van der Waals surface area contributed by atoms with E-state index in [2.05, 4.69) is 15.5 Å². The average Bonchev–Trinajstić information content (AvgIpc) is 3.29. The summed E-state index contributed by atoms with van der Waals surface area (Å²) in [5.74, 6) is 0.544. The Balaban J connectivity index is 1.57. The minimum Gasteiger partial charge on any atom is -0.490 e. The first-order valence-electron chi connectivity index (χ1n) is 9.26. The van der Waals surface area contributed by atoms with Crippen molar-refractivity contribution in [2.45, 2.75) is 32.3 Å². The monoisotopic (exact) mass is 468 g/mol. The van der Waals surface area contributed by atoms with E-state index in [4.69, 9.17) is 49.0 Å². The number of benzene rings is 2. The molecular weight excluding hydrogens is 451 g/mol. The Morgan fingerprint density at radius 3 is 2.80 bits per heavy atom. The van der Waals surface area contributed by atoms with Crippen molar-refractivity contribution in [3.63, 3.8) is 0 Å². The van der Waals surface area contributed by atoms with Crippen molar-refractivity contribution >= 4 is 34.8 Å². The maximum atomic E-state index is 6.35. The topological polar surface area (TPSA) is 71.3 Å². The van der Waals surface area contributed by atoms with Crippen LogP contribution in [0.25, 0.3) is 11.4 Å². The number of tetrazole rings is 1. The zero-order chi connectivity index (χ0) is 21.3. The smallest absolute Gasteiger partial charge is 0.183 e. The van der Waals surface area contributed by atoms with Crippen LogP contribution in [0.15, 0.2) is 36.4 Å². The molecule has 0 saturated carbocycles. The van der Waals surface area contributed by atoms with Gasteiger partial charge >= 0.3 is 0 Å². The Morgan fingerprint density at radius 2 is 2.03 bits per heavy atom. The van der Waals surface area contributed by atoms with E-state index in [9.17, 15) is 0 Å². The molecular formula is C20H19Cl3N4O3. The molecule has 30 heavy (non-hydrogen) atoms. The SMILES string of the molecule is CC1(C)OCC(COc2ccc(Cl)cc2Cn2nnnc2-c2cccc(Cl)c2Cl)O1. The summed E-state index contributed by atoms with van der Waals surface area (Å²) in [5.41, 5.74) is 1.45. The number of aromatic nitrogens is 4. The standard InChI is InChI=1S/C20H19Cl3N4O3/c1-20(2)29-11-14(30-20)10-28-17-7-6-13(21)8-12(17)9-27-19(24-25-26-27)15-4-3-5-16(22)18(15)23/h3-8,14H,9-11H2,1-2H3. The molecule has 1 fully saturated rings. The third kappa shape index (κ3) is 4.71. The lowest BCUT2D eigenvalue weighted by Crippen LogP contribution is -2.25. The second kappa shape index (κ2) is 8.69. The van der Waals surface area contributed by atoms with Crippen LogP contribution in [0.3, 0.4) is 0 Å². The Bertz CT molecular complexity index is 1060. The maximum absolute atomic E-state index is 6.35. The molecule has 4 rings (SSSR count). The van der Waals surface area contributed by atoms with Crippen molar-refractivity contribution < 1.29 is 14.2 Å². The molecule has 10 heteroatoms. The Hall–Kier alpha value is -1.90.